The van der Waals surface area contributed by atoms with Gasteiger partial charge in [-0.1, -0.05) is 0 Å². The maximum atomic E-state index is 1.83. The molecule has 0 nitrogen and oxygen atoms in total. The fourth-order valence-electron chi connectivity index (χ4n) is 8.36. The van der Waals surface area contributed by atoms with Gasteiger partial charge >= 0.3 is 128 Å². The minimum atomic E-state index is -0.635. The second kappa shape index (κ2) is 4.09. The van der Waals surface area contributed by atoms with Crippen molar-refractivity contribution >= 4 is 14.3 Å². The van der Waals surface area contributed by atoms with E-state index in [2.05, 4.69) is 0 Å². The zero-order chi connectivity index (χ0) is 12.8. The molecule has 8 unspecified atom stereocenters. The van der Waals surface area contributed by atoms with Crippen molar-refractivity contribution < 1.29 is 0 Å². The molecule has 0 aromatic rings. The molecule has 5 aliphatic rings. The molecule has 5 rings (SSSR count). The summed E-state index contributed by atoms with van der Waals surface area (Å²) in [6.45, 7) is 0. The van der Waals surface area contributed by atoms with E-state index in [1.165, 1.54) is 52.1 Å². The van der Waals surface area contributed by atoms with Gasteiger partial charge in [-0.25, -0.2) is 0 Å². The monoisotopic (exact) mass is 331 g/mol. The van der Waals surface area contributed by atoms with Gasteiger partial charge in [-0.2, -0.15) is 0 Å². The topological polar surface area (TPSA) is 0 Å². The molecule has 3 saturated carbocycles. The molecule has 20 heavy (non-hydrogen) atoms. The van der Waals surface area contributed by atoms with E-state index >= 15 is 0 Å². The molecule has 109 valence electrons. The van der Waals surface area contributed by atoms with E-state index in [9.17, 15) is 0 Å². The molecule has 2 heterocycles. The van der Waals surface area contributed by atoms with Crippen molar-refractivity contribution in [3.63, 3.8) is 0 Å². The summed E-state index contributed by atoms with van der Waals surface area (Å²) in [6.07, 6.45) is 13.6. The SMILES string of the molecule is C1C2CC3C[CH]4CC5CC1C1CC2CC3[CH2][Ge]4[CH2]C5C1. The quantitative estimate of drug-likeness (QED) is 0.549. The summed E-state index contributed by atoms with van der Waals surface area (Å²) < 4.78 is 1.34. The van der Waals surface area contributed by atoms with Crippen LogP contribution in [0.3, 0.4) is 0 Å². The van der Waals surface area contributed by atoms with Gasteiger partial charge in [0.25, 0.3) is 0 Å². The van der Waals surface area contributed by atoms with Crippen LogP contribution in [0.15, 0.2) is 0 Å². The van der Waals surface area contributed by atoms with Gasteiger partial charge in [0, 0.05) is 0 Å². The minimum absolute atomic E-state index is 0.635. The van der Waals surface area contributed by atoms with Crippen LogP contribution < -0.4 is 0 Å². The zero-order valence-electron chi connectivity index (χ0n) is 12.8. The fourth-order valence-corrected chi connectivity index (χ4v) is 17.7. The van der Waals surface area contributed by atoms with Crippen molar-refractivity contribution in [2.24, 2.45) is 47.3 Å². The van der Waals surface area contributed by atoms with Gasteiger partial charge in [-0.3, -0.25) is 0 Å². The summed E-state index contributed by atoms with van der Waals surface area (Å²) >= 11 is -0.635. The first-order valence-electron chi connectivity index (χ1n) is 9.68. The molecule has 0 N–H and O–H groups in total. The van der Waals surface area contributed by atoms with E-state index in [0.717, 1.165) is 0 Å². The van der Waals surface area contributed by atoms with Gasteiger partial charge in [-0.05, 0) is 0 Å². The first-order chi connectivity index (χ1) is 9.83. The van der Waals surface area contributed by atoms with E-state index in [1.54, 1.807) is 51.4 Å². The van der Waals surface area contributed by atoms with Crippen molar-refractivity contribution in [3.05, 3.63) is 0 Å². The Morgan fingerprint density at radius 1 is 0.400 bits per heavy atom. The molecule has 0 spiro atoms. The maximum absolute atomic E-state index is 1.83. The third-order valence-corrected chi connectivity index (χ3v) is 16.9. The van der Waals surface area contributed by atoms with Crippen LogP contribution in [-0.2, 0) is 0 Å². The Balaban J connectivity index is 1.47. The van der Waals surface area contributed by atoms with Crippen molar-refractivity contribution in [2.45, 2.75) is 66.6 Å². The van der Waals surface area contributed by atoms with Gasteiger partial charge in [-0.15, -0.1) is 0 Å². The normalized spacial score (nSPS) is 63.3. The average molecular weight is 330 g/mol. The number of fused-ring (bicyclic) bond motifs is 5. The first kappa shape index (κ1) is 12.0. The third kappa shape index (κ3) is 1.56. The van der Waals surface area contributed by atoms with E-state index in [-0.39, 0.29) is 0 Å². The van der Waals surface area contributed by atoms with E-state index in [4.69, 9.17) is 0 Å². The van der Waals surface area contributed by atoms with E-state index in [0.29, 0.717) is 0 Å². The van der Waals surface area contributed by atoms with Crippen LogP contribution in [0.2, 0.25) is 15.3 Å². The van der Waals surface area contributed by atoms with Gasteiger partial charge in [0.05, 0.1) is 0 Å². The Bertz CT molecular complexity index is 279. The van der Waals surface area contributed by atoms with Gasteiger partial charge in [0.15, 0.2) is 0 Å². The van der Waals surface area contributed by atoms with Crippen LogP contribution in [0.5, 0.6) is 0 Å². The summed E-state index contributed by atoms with van der Waals surface area (Å²) in [4.78, 5) is 0. The van der Waals surface area contributed by atoms with Crippen LogP contribution in [0.1, 0.15) is 51.4 Å². The van der Waals surface area contributed by atoms with E-state index < -0.39 is 14.3 Å². The molecule has 8 atom stereocenters. The summed E-state index contributed by atoms with van der Waals surface area (Å²) in [5, 5.41) is 3.66. The number of rotatable bonds is 0. The predicted octanol–water partition coefficient (Wildman–Crippen LogP) is 4.98. The third-order valence-electron chi connectivity index (χ3n) is 9.10. The van der Waals surface area contributed by atoms with Crippen molar-refractivity contribution in [3.8, 4) is 0 Å². The van der Waals surface area contributed by atoms with Crippen molar-refractivity contribution in [1.29, 1.82) is 0 Å². The zero-order valence-corrected chi connectivity index (χ0v) is 14.9. The molecule has 0 bridgehead atoms. The molecule has 0 aromatic heterocycles. The Kier molecular flexibility index (Phi) is 2.46. The molecule has 1 radical (unpaired) electrons. The van der Waals surface area contributed by atoms with Crippen LogP contribution in [0, 0.1) is 47.3 Å². The number of hydrogen-bond acceptors (Lipinski definition) is 0. The second-order valence-electron chi connectivity index (χ2n) is 9.73. The van der Waals surface area contributed by atoms with Crippen LogP contribution in [0.25, 0.3) is 0 Å². The van der Waals surface area contributed by atoms with Crippen LogP contribution >= 0.6 is 0 Å². The molecule has 0 amide bonds. The van der Waals surface area contributed by atoms with Gasteiger partial charge in [0.1, 0.15) is 0 Å². The Morgan fingerprint density at radius 2 is 0.750 bits per heavy atom. The Labute approximate surface area is 128 Å². The number of hydrogen-bond donors (Lipinski definition) is 0. The van der Waals surface area contributed by atoms with Crippen LogP contribution in [0.4, 0.5) is 0 Å². The predicted molar refractivity (Wildman–Crippen MR) is 84.0 cm³/mol. The van der Waals surface area contributed by atoms with Crippen LogP contribution in [-0.4, -0.2) is 14.3 Å². The average Bonchev–Trinajstić information content (AvgIpc) is 2.43. The molecule has 3 aliphatic carbocycles. The van der Waals surface area contributed by atoms with Gasteiger partial charge < -0.3 is 0 Å². The standard InChI is InChI=1S/C19H29Ge/c1-11-3-15-7-19-8-16-4-12(1)14-2-13(11)5-17(15)9-20(19)10-18(16)6-14/h11-19H,1-10H2. The summed E-state index contributed by atoms with van der Waals surface area (Å²) in [5.74, 6) is 9.69. The fraction of sp³-hybridized carbons (Fsp3) is 1.00. The van der Waals surface area contributed by atoms with Crippen molar-refractivity contribution in [1.82, 2.24) is 0 Å². The van der Waals surface area contributed by atoms with Gasteiger partial charge in [0.2, 0.25) is 0 Å². The molecule has 2 aliphatic heterocycles. The second-order valence-corrected chi connectivity index (χ2v) is 15.9. The molecule has 0 aromatic carbocycles. The molecule has 1 heteroatoms. The molecular weight excluding hydrogens is 301 g/mol. The molecule has 5 fully saturated rings. The first-order valence-corrected chi connectivity index (χ1v) is 13.9. The summed E-state index contributed by atoms with van der Waals surface area (Å²) in [6, 6.07) is 0. The molecular formula is C19H29Ge. The Morgan fingerprint density at radius 3 is 1.20 bits per heavy atom. The van der Waals surface area contributed by atoms with Crippen molar-refractivity contribution in [2.75, 3.05) is 0 Å². The Hall–Kier alpha value is 0.543. The molecule has 2 saturated heterocycles. The summed E-state index contributed by atoms with van der Waals surface area (Å²) in [7, 11) is 0. The van der Waals surface area contributed by atoms with E-state index in [1.807, 2.05) is 10.5 Å². The summed E-state index contributed by atoms with van der Waals surface area (Å²) in [5.41, 5.74) is 0.